The number of nitrogens with one attached hydrogen (secondary N) is 1. The van der Waals surface area contributed by atoms with Gasteiger partial charge in [0.15, 0.2) is 0 Å². The molecule has 1 aliphatic carbocycles. The number of likely N-dealkylation sites (tertiary alicyclic amines) is 1. The van der Waals surface area contributed by atoms with Gasteiger partial charge in [0.2, 0.25) is 11.8 Å². The van der Waals surface area contributed by atoms with Gasteiger partial charge in [-0.1, -0.05) is 26.2 Å². The van der Waals surface area contributed by atoms with Gasteiger partial charge in [0, 0.05) is 13.1 Å². The van der Waals surface area contributed by atoms with Crippen LogP contribution in [0.15, 0.2) is 0 Å². The summed E-state index contributed by atoms with van der Waals surface area (Å²) in [6.07, 6.45) is 7.67. The van der Waals surface area contributed by atoms with Crippen molar-refractivity contribution in [1.82, 2.24) is 10.2 Å². The van der Waals surface area contributed by atoms with Crippen LogP contribution in [0.2, 0.25) is 0 Å². The molecule has 1 aliphatic heterocycles. The van der Waals surface area contributed by atoms with Crippen LogP contribution in [0, 0.1) is 0 Å². The van der Waals surface area contributed by atoms with Gasteiger partial charge < -0.3 is 10.1 Å². The van der Waals surface area contributed by atoms with Crippen molar-refractivity contribution in [2.75, 3.05) is 19.7 Å². The van der Waals surface area contributed by atoms with Crippen LogP contribution < -0.4 is 5.32 Å². The molecule has 2 rings (SSSR count). The Labute approximate surface area is 121 Å². The summed E-state index contributed by atoms with van der Waals surface area (Å²) in [6, 6.07) is -0.344. The van der Waals surface area contributed by atoms with Gasteiger partial charge in [-0.15, -0.1) is 0 Å². The van der Waals surface area contributed by atoms with Crippen LogP contribution in [0.1, 0.15) is 51.9 Å². The second kappa shape index (κ2) is 7.74. The van der Waals surface area contributed by atoms with Crippen LogP contribution in [0.4, 0.5) is 0 Å². The van der Waals surface area contributed by atoms with Crippen LogP contribution >= 0.6 is 0 Å². The maximum atomic E-state index is 12.0. The minimum atomic E-state index is -0.344. The lowest BCUT2D eigenvalue weighted by atomic mass is 9.98. The molecule has 114 valence electrons. The molecule has 5 heteroatoms. The first-order valence-electron chi connectivity index (χ1n) is 7.91. The van der Waals surface area contributed by atoms with Crippen LogP contribution in [0.3, 0.4) is 0 Å². The molecular weight excluding hydrogens is 256 g/mol. The lowest BCUT2D eigenvalue weighted by molar-refractivity contribution is -0.138. The third-order valence-corrected chi connectivity index (χ3v) is 4.09. The van der Waals surface area contributed by atoms with Gasteiger partial charge in [0.25, 0.3) is 0 Å². The monoisotopic (exact) mass is 282 g/mol. The van der Waals surface area contributed by atoms with E-state index in [-0.39, 0.29) is 17.9 Å². The second-order valence-electron chi connectivity index (χ2n) is 5.73. The molecule has 1 heterocycles. The maximum Gasteiger partial charge on any atom is 0.246 e. The molecule has 2 aliphatic rings. The van der Waals surface area contributed by atoms with Gasteiger partial charge in [-0.2, -0.15) is 0 Å². The fraction of sp³-hybridized carbons (Fsp3) is 0.867. The van der Waals surface area contributed by atoms with Crippen molar-refractivity contribution in [2.24, 2.45) is 0 Å². The average Bonchev–Trinajstić information content (AvgIpc) is 2.73. The Bertz CT molecular complexity index is 340. The molecule has 1 saturated heterocycles. The summed E-state index contributed by atoms with van der Waals surface area (Å²) in [4.78, 5) is 25.1. The van der Waals surface area contributed by atoms with Crippen molar-refractivity contribution in [3.63, 3.8) is 0 Å². The van der Waals surface area contributed by atoms with Crippen molar-refractivity contribution < 1.29 is 14.3 Å². The normalized spacial score (nSPS) is 24.6. The summed E-state index contributed by atoms with van der Waals surface area (Å²) in [7, 11) is 0. The van der Waals surface area contributed by atoms with Crippen molar-refractivity contribution in [2.45, 2.75) is 64.0 Å². The first kappa shape index (κ1) is 15.4. The van der Waals surface area contributed by atoms with E-state index in [1.165, 1.54) is 24.2 Å². The third-order valence-electron chi connectivity index (χ3n) is 4.09. The van der Waals surface area contributed by atoms with E-state index < -0.39 is 0 Å². The molecule has 0 aromatic carbocycles. The molecule has 0 bridgehead atoms. The number of ether oxygens (including phenoxy) is 1. The molecule has 1 atom stereocenters. The number of nitrogens with zero attached hydrogens (tertiary/aromatic N) is 1. The second-order valence-corrected chi connectivity index (χ2v) is 5.73. The van der Waals surface area contributed by atoms with Gasteiger partial charge in [0.05, 0.1) is 25.2 Å². The zero-order valence-corrected chi connectivity index (χ0v) is 12.4. The number of amides is 2. The van der Waals surface area contributed by atoms with Gasteiger partial charge >= 0.3 is 0 Å². The Morgan fingerprint density at radius 2 is 2.00 bits per heavy atom. The van der Waals surface area contributed by atoms with Gasteiger partial charge in [-0.25, -0.2) is 0 Å². The first-order chi connectivity index (χ1) is 9.72. The Morgan fingerprint density at radius 1 is 1.25 bits per heavy atom. The molecule has 0 spiro atoms. The molecule has 5 nitrogen and oxygen atoms in total. The number of imide groups is 1. The highest BCUT2D eigenvalue weighted by molar-refractivity contribution is 6.05. The molecule has 2 amide bonds. The number of carbonyl (C=O) groups is 2. The fourth-order valence-electron chi connectivity index (χ4n) is 2.99. The smallest absolute Gasteiger partial charge is 0.246 e. The van der Waals surface area contributed by atoms with Gasteiger partial charge in [0.1, 0.15) is 0 Å². The molecule has 0 aromatic rings. The Morgan fingerprint density at radius 3 is 2.70 bits per heavy atom. The fourth-order valence-corrected chi connectivity index (χ4v) is 2.99. The summed E-state index contributed by atoms with van der Waals surface area (Å²) >= 11 is 0. The summed E-state index contributed by atoms with van der Waals surface area (Å²) in [5.74, 6) is -0.128. The predicted octanol–water partition coefficient (Wildman–Crippen LogP) is 1.46. The molecule has 20 heavy (non-hydrogen) atoms. The number of hydrogen-bond acceptors (Lipinski definition) is 4. The maximum absolute atomic E-state index is 12.0. The Kier molecular flexibility index (Phi) is 5.98. The summed E-state index contributed by atoms with van der Waals surface area (Å²) < 4.78 is 5.81. The average molecular weight is 282 g/mol. The largest absolute Gasteiger partial charge is 0.377 e. The highest BCUT2D eigenvalue weighted by Crippen LogP contribution is 2.20. The zero-order valence-electron chi connectivity index (χ0n) is 12.4. The van der Waals surface area contributed by atoms with Crippen molar-refractivity contribution >= 4 is 11.8 Å². The topological polar surface area (TPSA) is 58.6 Å². The highest BCUT2D eigenvalue weighted by atomic mass is 16.5. The molecule has 2 fully saturated rings. The minimum absolute atomic E-state index is 0.0532. The van der Waals surface area contributed by atoms with Crippen molar-refractivity contribution in [1.29, 1.82) is 0 Å². The van der Waals surface area contributed by atoms with Gasteiger partial charge in [-0.05, 0) is 19.3 Å². The lowest BCUT2D eigenvalue weighted by Gasteiger charge is -2.22. The van der Waals surface area contributed by atoms with E-state index in [4.69, 9.17) is 4.74 Å². The molecular formula is C15H26N2O3. The van der Waals surface area contributed by atoms with E-state index >= 15 is 0 Å². The Hall–Kier alpha value is -0.940. The van der Waals surface area contributed by atoms with Crippen molar-refractivity contribution in [3.05, 3.63) is 0 Å². The van der Waals surface area contributed by atoms with Crippen LogP contribution in [0.25, 0.3) is 0 Å². The summed E-state index contributed by atoms with van der Waals surface area (Å²) in [6.45, 7) is 3.77. The predicted molar refractivity (Wildman–Crippen MR) is 76.2 cm³/mol. The standard InChI is InChI=1S/C15H26N2O3/c1-2-9-17-14(18)11-13(15(17)19)16-8-10-20-12-6-4-3-5-7-12/h12-13,16H,2-11H2,1H3. The number of carbonyl (C=O) groups excluding carboxylic acids is 2. The van der Waals surface area contributed by atoms with E-state index in [9.17, 15) is 9.59 Å². The number of hydrogen-bond donors (Lipinski definition) is 1. The minimum Gasteiger partial charge on any atom is -0.377 e. The molecule has 0 radical (unpaired) electrons. The Balaban J connectivity index is 1.64. The summed E-state index contributed by atoms with van der Waals surface area (Å²) in [5, 5.41) is 3.15. The van der Waals surface area contributed by atoms with E-state index in [1.54, 1.807) is 0 Å². The zero-order chi connectivity index (χ0) is 14.4. The van der Waals surface area contributed by atoms with Crippen LogP contribution in [-0.2, 0) is 14.3 Å². The molecule has 1 N–H and O–H groups in total. The van der Waals surface area contributed by atoms with E-state index in [2.05, 4.69) is 5.32 Å². The number of rotatable bonds is 7. The first-order valence-corrected chi connectivity index (χ1v) is 7.91. The quantitative estimate of drug-likeness (QED) is 0.567. The van der Waals surface area contributed by atoms with Crippen LogP contribution in [-0.4, -0.2) is 48.6 Å². The lowest BCUT2D eigenvalue weighted by Crippen LogP contribution is -2.40. The van der Waals surface area contributed by atoms with E-state index in [0.29, 0.717) is 32.2 Å². The van der Waals surface area contributed by atoms with Gasteiger partial charge in [-0.3, -0.25) is 14.5 Å². The SMILES string of the molecule is CCCN1C(=O)CC(NCCOC2CCCCC2)C1=O. The van der Waals surface area contributed by atoms with E-state index in [0.717, 1.165) is 19.3 Å². The molecule has 1 saturated carbocycles. The molecule has 0 aromatic heterocycles. The highest BCUT2D eigenvalue weighted by Gasteiger charge is 2.37. The van der Waals surface area contributed by atoms with Crippen molar-refractivity contribution in [3.8, 4) is 0 Å². The third kappa shape index (κ3) is 4.03. The summed E-state index contributed by atoms with van der Waals surface area (Å²) in [5.41, 5.74) is 0. The van der Waals surface area contributed by atoms with Crippen LogP contribution in [0.5, 0.6) is 0 Å². The van der Waals surface area contributed by atoms with E-state index in [1.807, 2.05) is 6.92 Å². The molecule has 1 unspecified atom stereocenters.